The standard InChI is InChI=1S/C22H26N4O/c1-14-13-24-22(23-10-5-11-25(2)3)20-19-17-8-7-16(27)12-15(17)6-9-18(19)26(4)21(14)20/h6-9,12-13,27H,5,10-11H2,1-4H3,(H,23,24). The van der Waals surface area contributed by atoms with Crippen LogP contribution in [0.3, 0.4) is 0 Å². The zero-order valence-electron chi connectivity index (χ0n) is 16.4. The van der Waals surface area contributed by atoms with Crippen LogP contribution in [0, 0.1) is 6.92 Å². The molecule has 5 heteroatoms. The molecule has 0 saturated heterocycles. The molecule has 0 spiro atoms. The molecule has 0 unspecified atom stereocenters. The average molecular weight is 362 g/mol. The highest BCUT2D eigenvalue weighted by molar-refractivity contribution is 6.24. The Morgan fingerprint density at radius 1 is 1.15 bits per heavy atom. The van der Waals surface area contributed by atoms with E-state index in [4.69, 9.17) is 4.98 Å². The number of hydrogen-bond acceptors (Lipinski definition) is 4. The molecule has 4 aromatic rings. The maximum absolute atomic E-state index is 9.87. The Morgan fingerprint density at radius 2 is 1.96 bits per heavy atom. The van der Waals surface area contributed by atoms with Gasteiger partial charge in [0.2, 0.25) is 0 Å². The summed E-state index contributed by atoms with van der Waals surface area (Å²) in [5.41, 5.74) is 3.54. The van der Waals surface area contributed by atoms with Gasteiger partial charge in [0.15, 0.2) is 0 Å². The number of hydrogen-bond donors (Lipinski definition) is 2. The number of phenolic OH excluding ortho intramolecular Hbond substituents is 1. The fourth-order valence-electron chi connectivity index (χ4n) is 3.97. The van der Waals surface area contributed by atoms with Gasteiger partial charge in [-0.15, -0.1) is 0 Å². The maximum atomic E-state index is 9.87. The molecular weight excluding hydrogens is 336 g/mol. The number of nitrogens with zero attached hydrogens (tertiary/aromatic N) is 3. The summed E-state index contributed by atoms with van der Waals surface area (Å²) in [7, 11) is 6.29. The van der Waals surface area contributed by atoms with Crippen LogP contribution in [0.5, 0.6) is 5.75 Å². The molecule has 4 rings (SSSR count). The number of anilines is 1. The number of aromatic hydroxyl groups is 1. The van der Waals surface area contributed by atoms with Crippen molar-refractivity contribution in [3.05, 3.63) is 42.1 Å². The number of pyridine rings is 1. The van der Waals surface area contributed by atoms with E-state index in [-0.39, 0.29) is 0 Å². The van der Waals surface area contributed by atoms with Crippen molar-refractivity contribution in [1.29, 1.82) is 0 Å². The Hall–Kier alpha value is -2.79. The van der Waals surface area contributed by atoms with Crippen molar-refractivity contribution in [1.82, 2.24) is 14.5 Å². The van der Waals surface area contributed by atoms with Crippen molar-refractivity contribution in [2.75, 3.05) is 32.5 Å². The molecule has 2 aromatic heterocycles. The molecule has 0 fully saturated rings. The lowest BCUT2D eigenvalue weighted by Gasteiger charge is -2.12. The second kappa shape index (κ2) is 6.74. The Labute approximate surface area is 159 Å². The maximum Gasteiger partial charge on any atom is 0.136 e. The lowest BCUT2D eigenvalue weighted by atomic mass is 10.0. The quantitative estimate of drug-likeness (QED) is 0.521. The fraction of sp³-hybridized carbons (Fsp3) is 0.318. The van der Waals surface area contributed by atoms with Gasteiger partial charge in [-0.25, -0.2) is 4.98 Å². The van der Waals surface area contributed by atoms with E-state index >= 15 is 0 Å². The highest BCUT2D eigenvalue weighted by Crippen LogP contribution is 2.39. The summed E-state index contributed by atoms with van der Waals surface area (Å²) in [5.74, 6) is 1.22. The first-order valence-corrected chi connectivity index (χ1v) is 9.35. The molecule has 0 bridgehead atoms. The predicted molar refractivity (Wildman–Crippen MR) is 114 cm³/mol. The van der Waals surface area contributed by atoms with Crippen LogP contribution in [0.1, 0.15) is 12.0 Å². The predicted octanol–water partition coefficient (Wildman–Crippen LogP) is 4.26. The van der Waals surface area contributed by atoms with Crippen LogP contribution < -0.4 is 5.32 Å². The van der Waals surface area contributed by atoms with Crippen LogP contribution in [0.15, 0.2) is 36.5 Å². The van der Waals surface area contributed by atoms with E-state index < -0.39 is 0 Å². The molecule has 0 atom stereocenters. The molecular formula is C22H26N4O. The molecule has 0 aliphatic carbocycles. The summed E-state index contributed by atoms with van der Waals surface area (Å²) >= 11 is 0. The van der Waals surface area contributed by atoms with Crippen LogP contribution in [0.2, 0.25) is 0 Å². The van der Waals surface area contributed by atoms with Gasteiger partial charge >= 0.3 is 0 Å². The highest BCUT2D eigenvalue weighted by atomic mass is 16.3. The SMILES string of the molecule is Cc1cnc(NCCCN(C)C)c2c3c4ccc(O)cc4ccc3n(C)c12. The Morgan fingerprint density at radius 3 is 2.74 bits per heavy atom. The molecule has 2 N–H and O–H groups in total. The van der Waals surface area contributed by atoms with Crippen LogP contribution in [-0.4, -0.2) is 46.7 Å². The molecule has 140 valence electrons. The van der Waals surface area contributed by atoms with Crippen molar-refractivity contribution in [3.63, 3.8) is 0 Å². The largest absolute Gasteiger partial charge is 0.508 e. The summed E-state index contributed by atoms with van der Waals surface area (Å²) in [4.78, 5) is 6.92. The molecule has 2 heterocycles. The first-order valence-electron chi connectivity index (χ1n) is 9.35. The van der Waals surface area contributed by atoms with Crippen LogP contribution in [0.4, 0.5) is 5.82 Å². The second-order valence-electron chi connectivity index (χ2n) is 7.52. The number of aryl methyl sites for hydroxylation is 2. The van der Waals surface area contributed by atoms with E-state index in [1.807, 2.05) is 18.3 Å². The minimum Gasteiger partial charge on any atom is -0.508 e. The van der Waals surface area contributed by atoms with Gasteiger partial charge in [0.1, 0.15) is 11.6 Å². The summed E-state index contributed by atoms with van der Waals surface area (Å²) in [5, 5.41) is 18.0. The van der Waals surface area contributed by atoms with Crippen molar-refractivity contribution >= 4 is 38.4 Å². The lowest BCUT2D eigenvalue weighted by Crippen LogP contribution is -2.16. The molecule has 0 radical (unpaired) electrons. The molecule has 27 heavy (non-hydrogen) atoms. The van der Waals surface area contributed by atoms with Gasteiger partial charge in [0.05, 0.1) is 10.9 Å². The smallest absolute Gasteiger partial charge is 0.136 e. The molecule has 0 aliphatic rings. The Kier molecular flexibility index (Phi) is 4.40. The van der Waals surface area contributed by atoms with Gasteiger partial charge in [-0.05, 0) is 68.5 Å². The third-order valence-electron chi connectivity index (χ3n) is 5.24. The number of phenols is 1. The summed E-state index contributed by atoms with van der Waals surface area (Å²) < 4.78 is 2.25. The van der Waals surface area contributed by atoms with Crippen LogP contribution in [0.25, 0.3) is 32.6 Å². The summed E-state index contributed by atoms with van der Waals surface area (Å²) in [6, 6.07) is 9.79. The molecule has 0 saturated carbocycles. The van der Waals surface area contributed by atoms with E-state index in [1.165, 1.54) is 16.4 Å². The monoisotopic (exact) mass is 362 g/mol. The lowest BCUT2D eigenvalue weighted by molar-refractivity contribution is 0.405. The Balaban J connectivity index is 1.95. The van der Waals surface area contributed by atoms with E-state index in [9.17, 15) is 5.11 Å². The summed E-state index contributed by atoms with van der Waals surface area (Å²) in [6.45, 7) is 4.03. The third kappa shape index (κ3) is 2.98. The molecule has 0 aliphatic heterocycles. The number of nitrogens with one attached hydrogen (secondary N) is 1. The van der Waals surface area contributed by atoms with E-state index in [2.05, 4.69) is 55.0 Å². The molecule has 5 nitrogen and oxygen atoms in total. The van der Waals surface area contributed by atoms with Crippen molar-refractivity contribution in [3.8, 4) is 5.75 Å². The minimum absolute atomic E-state index is 0.290. The van der Waals surface area contributed by atoms with Crippen molar-refractivity contribution in [2.45, 2.75) is 13.3 Å². The second-order valence-corrected chi connectivity index (χ2v) is 7.52. The highest BCUT2D eigenvalue weighted by Gasteiger charge is 2.17. The van der Waals surface area contributed by atoms with Crippen molar-refractivity contribution in [2.24, 2.45) is 7.05 Å². The minimum atomic E-state index is 0.290. The van der Waals surface area contributed by atoms with E-state index in [1.54, 1.807) is 6.07 Å². The first-order chi connectivity index (χ1) is 13.0. The van der Waals surface area contributed by atoms with Gasteiger partial charge in [0.25, 0.3) is 0 Å². The average Bonchev–Trinajstić information content (AvgIpc) is 2.94. The number of benzene rings is 2. The van der Waals surface area contributed by atoms with Gasteiger partial charge in [0, 0.05) is 30.7 Å². The molecule has 2 aromatic carbocycles. The summed E-state index contributed by atoms with van der Waals surface area (Å²) in [6.07, 6.45) is 3.01. The first kappa shape index (κ1) is 17.6. The van der Waals surface area contributed by atoms with Crippen LogP contribution >= 0.6 is 0 Å². The van der Waals surface area contributed by atoms with Gasteiger partial charge < -0.3 is 19.9 Å². The normalized spacial score (nSPS) is 11.9. The zero-order valence-corrected chi connectivity index (χ0v) is 16.4. The van der Waals surface area contributed by atoms with E-state index in [0.29, 0.717) is 5.75 Å². The fourth-order valence-corrected chi connectivity index (χ4v) is 3.97. The van der Waals surface area contributed by atoms with Gasteiger partial charge in [-0.3, -0.25) is 0 Å². The van der Waals surface area contributed by atoms with E-state index in [0.717, 1.165) is 47.1 Å². The Bertz CT molecular complexity index is 1140. The zero-order chi connectivity index (χ0) is 19.1. The topological polar surface area (TPSA) is 53.3 Å². The van der Waals surface area contributed by atoms with Gasteiger partial charge in [-0.1, -0.05) is 12.1 Å². The van der Waals surface area contributed by atoms with Crippen molar-refractivity contribution < 1.29 is 5.11 Å². The number of aromatic nitrogens is 2. The molecule has 0 amide bonds. The third-order valence-corrected chi connectivity index (χ3v) is 5.24. The van der Waals surface area contributed by atoms with Crippen LogP contribution in [-0.2, 0) is 7.05 Å². The van der Waals surface area contributed by atoms with Gasteiger partial charge in [-0.2, -0.15) is 0 Å². The number of rotatable bonds is 5. The number of fused-ring (bicyclic) bond motifs is 5.